The molecule has 1 aliphatic rings. The van der Waals surface area contributed by atoms with Gasteiger partial charge in [-0.15, -0.1) is 0 Å². The summed E-state index contributed by atoms with van der Waals surface area (Å²) in [6.07, 6.45) is 0.272. The highest BCUT2D eigenvalue weighted by molar-refractivity contribution is 5.89. The molecule has 0 aliphatic carbocycles. The molecule has 1 aromatic carbocycles. The van der Waals surface area contributed by atoms with Crippen LogP contribution < -0.4 is 5.32 Å². The van der Waals surface area contributed by atoms with Gasteiger partial charge in [0.1, 0.15) is 23.1 Å². The molecule has 0 amide bonds. The molecule has 21 heavy (non-hydrogen) atoms. The number of allylic oxidation sites excluding steroid dienone is 1. The lowest BCUT2D eigenvalue weighted by Gasteiger charge is -2.16. The quantitative estimate of drug-likeness (QED) is 0.658. The molecular formula is C12H7F3N2O4. The number of carbonyl (C=O) groups is 1. The minimum Gasteiger partial charge on any atom is -0.478 e. The van der Waals surface area contributed by atoms with Crippen LogP contribution in [0, 0.1) is 27.6 Å². The van der Waals surface area contributed by atoms with Gasteiger partial charge in [0.2, 0.25) is 0 Å². The molecule has 1 aromatic rings. The minimum atomic E-state index is -1.40. The van der Waals surface area contributed by atoms with Crippen molar-refractivity contribution in [2.24, 2.45) is 0 Å². The van der Waals surface area contributed by atoms with Crippen LogP contribution in [0.2, 0.25) is 0 Å². The first-order chi connectivity index (χ1) is 9.81. The van der Waals surface area contributed by atoms with Gasteiger partial charge in [0.15, 0.2) is 0 Å². The number of hydrogen-bond acceptors (Lipinski definition) is 4. The molecule has 0 aromatic heterocycles. The molecule has 0 spiro atoms. The molecule has 6 nitrogen and oxygen atoms in total. The van der Waals surface area contributed by atoms with Crippen LogP contribution in [-0.2, 0) is 4.79 Å². The van der Waals surface area contributed by atoms with E-state index in [2.05, 4.69) is 5.32 Å². The van der Waals surface area contributed by atoms with Crippen LogP contribution in [0.15, 0.2) is 29.6 Å². The van der Waals surface area contributed by atoms with Crippen LogP contribution in [0.4, 0.5) is 13.2 Å². The van der Waals surface area contributed by atoms with Crippen molar-refractivity contribution in [2.75, 3.05) is 0 Å². The van der Waals surface area contributed by atoms with E-state index in [4.69, 9.17) is 5.11 Å². The fourth-order valence-electron chi connectivity index (χ4n) is 1.85. The first-order valence-corrected chi connectivity index (χ1v) is 5.52. The van der Waals surface area contributed by atoms with Gasteiger partial charge in [-0.05, 0) is 0 Å². The normalized spacial score (nSPS) is 14.5. The number of benzene rings is 1. The molecule has 0 fully saturated rings. The molecule has 1 aliphatic heterocycles. The van der Waals surface area contributed by atoms with Gasteiger partial charge in [-0.2, -0.15) is 0 Å². The second kappa shape index (κ2) is 5.27. The second-order valence-electron chi connectivity index (χ2n) is 4.12. The zero-order valence-electron chi connectivity index (χ0n) is 10.2. The highest BCUT2D eigenvalue weighted by atomic mass is 19.1. The van der Waals surface area contributed by atoms with Gasteiger partial charge in [0, 0.05) is 18.3 Å². The maximum atomic E-state index is 13.7. The molecule has 2 rings (SSSR count). The Morgan fingerprint density at radius 2 is 1.86 bits per heavy atom. The standard InChI is InChI=1S/C12H7F3N2O4/c13-6-2-7(14)10(8(15)3-6)11-9(17(20)21)1-5(4-16-11)12(18)19/h2-4,16H,1H2,(H,18,19). The Hall–Kier alpha value is -2.84. The third-order valence-electron chi connectivity index (χ3n) is 2.79. The van der Waals surface area contributed by atoms with Crippen molar-refractivity contribution in [3.63, 3.8) is 0 Å². The lowest BCUT2D eigenvalue weighted by molar-refractivity contribution is -0.426. The number of nitrogens with zero attached hydrogens (tertiary/aromatic N) is 1. The van der Waals surface area contributed by atoms with Crippen molar-refractivity contribution in [2.45, 2.75) is 6.42 Å². The third-order valence-corrected chi connectivity index (χ3v) is 2.79. The van der Waals surface area contributed by atoms with E-state index in [-0.39, 0.29) is 5.57 Å². The zero-order chi connectivity index (χ0) is 15.7. The number of rotatable bonds is 3. The number of halogens is 3. The van der Waals surface area contributed by atoms with Gasteiger partial charge >= 0.3 is 5.97 Å². The monoisotopic (exact) mass is 300 g/mol. The summed E-state index contributed by atoms with van der Waals surface area (Å²) in [6.45, 7) is 0. The van der Waals surface area contributed by atoms with Gasteiger partial charge in [-0.3, -0.25) is 10.1 Å². The maximum Gasteiger partial charge on any atom is 0.333 e. The maximum absolute atomic E-state index is 13.7. The van der Waals surface area contributed by atoms with Crippen molar-refractivity contribution in [1.82, 2.24) is 5.32 Å². The third kappa shape index (κ3) is 2.71. The number of carboxylic acids is 1. The number of aliphatic carboxylic acids is 1. The highest BCUT2D eigenvalue weighted by Crippen LogP contribution is 2.29. The van der Waals surface area contributed by atoms with E-state index >= 15 is 0 Å². The van der Waals surface area contributed by atoms with E-state index in [1.165, 1.54) is 0 Å². The Kier molecular flexibility index (Phi) is 3.66. The molecule has 0 radical (unpaired) electrons. The Bertz CT molecular complexity index is 689. The van der Waals surface area contributed by atoms with Crippen molar-refractivity contribution in [3.8, 4) is 0 Å². The van der Waals surface area contributed by atoms with Crippen LogP contribution in [-0.4, -0.2) is 16.0 Å². The van der Waals surface area contributed by atoms with E-state index in [9.17, 15) is 28.1 Å². The summed E-state index contributed by atoms with van der Waals surface area (Å²) in [5, 5.41) is 21.9. The zero-order valence-corrected chi connectivity index (χ0v) is 10.2. The number of carboxylic acid groups (broad SMARTS) is 1. The molecule has 9 heteroatoms. The fraction of sp³-hybridized carbons (Fsp3) is 0.0833. The largest absolute Gasteiger partial charge is 0.478 e. The fourth-order valence-corrected chi connectivity index (χ4v) is 1.85. The number of nitrogens with one attached hydrogen (secondary N) is 1. The SMILES string of the molecule is O=C(O)C1=CNC(c2c(F)cc(F)cc2F)=C([N+](=O)[O-])C1. The van der Waals surface area contributed by atoms with Crippen molar-refractivity contribution in [1.29, 1.82) is 0 Å². The second-order valence-corrected chi connectivity index (χ2v) is 4.12. The first kappa shape index (κ1) is 14.6. The molecule has 0 atom stereocenters. The molecule has 1 heterocycles. The van der Waals surface area contributed by atoms with E-state index in [1.54, 1.807) is 0 Å². The summed E-state index contributed by atoms with van der Waals surface area (Å²) < 4.78 is 40.2. The van der Waals surface area contributed by atoms with Crippen LogP contribution in [0.5, 0.6) is 0 Å². The lowest BCUT2D eigenvalue weighted by atomic mass is 10.0. The molecule has 110 valence electrons. The topological polar surface area (TPSA) is 92.5 Å². The Morgan fingerprint density at radius 3 is 2.33 bits per heavy atom. The summed E-state index contributed by atoms with van der Waals surface area (Å²) in [7, 11) is 0. The number of hydrogen-bond donors (Lipinski definition) is 2. The molecule has 0 bridgehead atoms. The Balaban J connectivity index is 2.59. The predicted octanol–water partition coefficient (Wildman–Crippen LogP) is 2.01. The molecule has 2 N–H and O–H groups in total. The summed E-state index contributed by atoms with van der Waals surface area (Å²) in [6, 6.07) is 0.752. The van der Waals surface area contributed by atoms with Crippen LogP contribution >= 0.6 is 0 Å². The number of nitro groups is 1. The minimum absolute atomic E-state index is 0.339. The van der Waals surface area contributed by atoms with Gasteiger partial charge in [-0.1, -0.05) is 0 Å². The first-order valence-electron chi connectivity index (χ1n) is 5.52. The molecule has 0 saturated carbocycles. The van der Waals surface area contributed by atoms with Crippen molar-refractivity contribution in [3.05, 3.63) is 62.7 Å². The molecular weight excluding hydrogens is 293 g/mol. The average molecular weight is 300 g/mol. The van der Waals surface area contributed by atoms with E-state index in [0.29, 0.717) is 12.1 Å². The Morgan fingerprint density at radius 1 is 1.29 bits per heavy atom. The van der Waals surface area contributed by atoms with Crippen molar-refractivity contribution >= 4 is 11.7 Å². The van der Waals surface area contributed by atoms with Crippen LogP contribution in [0.1, 0.15) is 12.0 Å². The van der Waals surface area contributed by atoms with Crippen molar-refractivity contribution < 1.29 is 28.0 Å². The van der Waals surface area contributed by atoms with Crippen LogP contribution in [0.25, 0.3) is 5.70 Å². The van der Waals surface area contributed by atoms with E-state index < -0.39 is 51.7 Å². The summed E-state index contributed by atoms with van der Waals surface area (Å²) in [5.74, 6) is -5.24. The van der Waals surface area contributed by atoms with Gasteiger partial charge in [0.05, 0.1) is 22.5 Å². The summed E-state index contributed by atoms with van der Waals surface area (Å²) in [4.78, 5) is 20.8. The highest BCUT2D eigenvalue weighted by Gasteiger charge is 2.31. The summed E-state index contributed by atoms with van der Waals surface area (Å²) in [5.41, 5.74) is -2.42. The van der Waals surface area contributed by atoms with E-state index in [1.807, 2.05) is 0 Å². The van der Waals surface area contributed by atoms with Gasteiger partial charge in [0.25, 0.3) is 5.70 Å². The smallest absolute Gasteiger partial charge is 0.333 e. The average Bonchev–Trinajstić information content (AvgIpc) is 2.37. The van der Waals surface area contributed by atoms with Gasteiger partial charge < -0.3 is 10.4 Å². The summed E-state index contributed by atoms with van der Waals surface area (Å²) >= 11 is 0. The Labute approximate surface area is 115 Å². The molecule has 0 unspecified atom stereocenters. The lowest BCUT2D eigenvalue weighted by Crippen LogP contribution is -2.22. The van der Waals surface area contributed by atoms with E-state index in [0.717, 1.165) is 6.20 Å². The number of dihydropyridines is 1. The molecule has 0 saturated heterocycles. The van der Waals surface area contributed by atoms with Crippen LogP contribution in [0.3, 0.4) is 0 Å². The van der Waals surface area contributed by atoms with Gasteiger partial charge in [-0.25, -0.2) is 18.0 Å². The predicted molar refractivity (Wildman–Crippen MR) is 63.7 cm³/mol.